The van der Waals surface area contributed by atoms with Crippen LogP contribution in [-0.2, 0) is 0 Å². The highest BCUT2D eigenvalue weighted by Crippen LogP contribution is 2.21. The van der Waals surface area contributed by atoms with Crippen molar-refractivity contribution in [1.82, 2.24) is 0 Å². The minimum Gasteiger partial charge on any atom is -0.435 e. The Kier molecular flexibility index (Phi) is 4.70. The second-order valence-corrected chi connectivity index (χ2v) is 4.42. The second-order valence-electron chi connectivity index (χ2n) is 3.98. The number of benzene rings is 2. The van der Waals surface area contributed by atoms with Gasteiger partial charge >= 0.3 is 6.61 Å². The summed E-state index contributed by atoms with van der Waals surface area (Å²) in [6.45, 7) is -2.99. The van der Waals surface area contributed by atoms with E-state index < -0.39 is 18.3 Å². The highest BCUT2D eigenvalue weighted by Gasteiger charge is 2.12. The third-order valence-corrected chi connectivity index (χ3v) is 2.74. The van der Waals surface area contributed by atoms with Gasteiger partial charge in [0.1, 0.15) is 11.6 Å². The van der Waals surface area contributed by atoms with E-state index in [0.717, 1.165) is 12.1 Å². The van der Waals surface area contributed by atoms with Crippen molar-refractivity contribution in [3.8, 4) is 5.75 Å². The molecule has 7 heteroatoms. The maximum absolute atomic E-state index is 13.6. The number of ether oxygens (including phenoxy) is 1. The van der Waals surface area contributed by atoms with Crippen molar-refractivity contribution in [3.63, 3.8) is 0 Å². The standard InChI is InChI=1S/C14H9ClF3NO2/c15-9-4-5-12(11(16)7-9)19-13(20)8-2-1-3-10(6-8)21-14(17)18/h1-7,14H,(H,19,20). The summed E-state index contributed by atoms with van der Waals surface area (Å²) in [4.78, 5) is 11.9. The Bertz CT molecular complexity index is 664. The molecule has 3 nitrogen and oxygen atoms in total. The number of carbonyl (C=O) groups excluding carboxylic acids is 1. The maximum Gasteiger partial charge on any atom is 0.387 e. The monoisotopic (exact) mass is 315 g/mol. The van der Waals surface area contributed by atoms with E-state index in [9.17, 15) is 18.0 Å². The van der Waals surface area contributed by atoms with E-state index in [1.807, 2.05) is 0 Å². The van der Waals surface area contributed by atoms with Crippen LogP contribution in [0.15, 0.2) is 42.5 Å². The molecule has 0 radical (unpaired) electrons. The number of carbonyl (C=O) groups is 1. The summed E-state index contributed by atoms with van der Waals surface area (Å²) in [5.41, 5.74) is -0.00733. The number of hydrogen-bond donors (Lipinski definition) is 1. The number of alkyl halides is 2. The lowest BCUT2D eigenvalue weighted by molar-refractivity contribution is -0.0498. The molecule has 0 bridgehead atoms. The number of rotatable bonds is 4. The van der Waals surface area contributed by atoms with E-state index in [4.69, 9.17) is 11.6 Å². The van der Waals surface area contributed by atoms with Crippen molar-refractivity contribution in [2.24, 2.45) is 0 Å². The highest BCUT2D eigenvalue weighted by atomic mass is 35.5. The fourth-order valence-electron chi connectivity index (χ4n) is 1.60. The van der Waals surface area contributed by atoms with Gasteiger partial charge in [0.2, 0.25) is 0 Å². The predicted molar refractivity (Wildman–Crippen MR) is 72.4 cm³/mol. The number of anilines is 1. The van der Waals surface area contributed by atoms with E-state index in [1.165, 1.54) is 30.3 Å². The van der Waals surface area contributed by atoms with E-state index >= 15 is 0 Å². The third kappa shape index (κ3) is 4.13. The molecule has 0 atom stereocenters. The van der Waals surface area contributed by atoms with Gasteiger partial charge in [-0.2, -0.15) is 8.78 Å². The minimum atomic E-state index is -2.99. The number of halogens is 4. The fourth-order valence-corrected chi connectivity index (χ4v) is 1.76. The van der Waals surface area contributed by atoms with Crippen LogP contribution in [0.25, 0.3) is 0 Å². The van der Waals surface area contributed by atoms with Crippen LogP contribution in [0.5, 0.6) is 5.75 Å². The molecule has 2 rings (SSSR count). The topological polar surface area (TPSA) is 38.3 Å². The average molecular weight is 316 g/mol. The molecule has 0 aliphatic heterocycles. The zero-order valence-electron chi connectivity index (χ0n) is 10.4. The summed E-state index contributed by atoms with van der Waals surface area (Å²) >= 11 is 5.60. The molecule has 0 aliphatic carbocycles. The van der Waals surface area contributed by atoms with Gasteiger partial charge in [0.05, 0.1) is 5.69 Å². The molecule has 21 heavy (non-hydrogen) atoms. The Morgan fingerprint density at radius 2 is 1.95 bits per heavy atom. The van der Waals surface area contributed by atoms with Crippen LogP contribution in [-0.4, -0.2) is 12.5 Å². The molecule has 0 aliphatic rings. The lowest BCUT2D eigenvalue weighted by Gasteiger charge is -2.08. The fraction of sp³-hybridized carbons (Fsp3) is 0.0714. The SMILES string of the molecule is O=C(Nc1ccc(Cl)cc1F)c1cccc(OC(F)F)c1. The largest absolute Gasteiger partial charge is 0.435 e. The maximum atomic E-state index is 13.6. The second kappa shape index (κ2) is 6.49. The smallest absolute Gasteiger partial charge is 0.387 e. The van der Waals surface area contributed by atoms with Gasteiger partial charge in [-0.1, -0.05) is 17.7 Å². The number of hydrogen-bond acceptors (Lipinski definition) is 2. The minimum absolute atomic E-state index is 0.0579. The van der Waals surface area contributed by atoms with Crippen molar-refractivity contribution in [1.29, 1.82) is 0 Å². The quantitative estimate of drug-likeness (QED) is 0.912. The van der Waals surface area contributed by atoms with Crippen molar-refractivity contribution < 1.29 is 22.7 Å². The van der Waals surface area contributed by atoms with Crippen LogP contribution in [0.3, 0.4) is 0 Å². The van der Waals surface area contributed by atoms with Gasteiger partial charge in [0, 0.05) is 10.6 Å². The van der Waals surface area contributed by atoms with Gasteiger partial charge in [-0.05, 0) is 36.4 Å². The van der Waals surface area contributed by atoms with Gasteiger partial charge in [-0.25, -0.2) is 4.39 Å². The zero-order valence-corrected chi connectivity index (χ0v) is 11.2. The third-order valence-electron chi connectivity index (χ3n) is 2.50. The van der Waals surface area contributed by atoms with Gasteiger partial charge < -0.3 is 10.1 Å². The van der Waals surface area contributed by atoms with Crippen LogP contribution >= 0.6 is 11.6 Å². The average Bonchev–Trinajstić information content (AvgIpc) is 2.41. The molecule has 2 aromatic rings. The Balaban J connectivity index is 2.16. The summed E-state index contributed by atoms with van der Waals surface area (Å²) in [5, 5.41) is 2.51. The molecule has 0 saturated carbocycles. The molecular weight excluding hydrogens is 307 g/mol. The van der Waals surface area contributed by atoms with Crippen LogP contribution in [0.1, 0.15) is 10.4 Å². The van der Waals surface area contributed by atoms with E-state index in [2.05, 4.69) is 10.1 Å². The summed E-state index contributed by atoms with van der Waals surface area (Å²) in [6.07, 6.45) is 0. The van der Waals surface area contributed by atoms with Crippen LogP contribution in [0.2, 0.25) is 5.02 Å². The molecule has 1 N–H and O–H groups in total. The summed E-state index contributed by atoms with van der Waals surface area (Å²) in [5.74, 6) is -1.51. The molecule has 2 aromatic carbocycles. The van der Waals surface area contributed by atoms with Crippen molar-refractivity contribution in [3.05, 3.63) is 58.9 Å². The van der Waals surface area contributed by atoms with Crippen molar-refractivity contribution in [2.75, 3.05) is 5.32 Å². The normalized spacial score (nSPS) is 10.5. The van der Waals surface area contributed by atoms with Crippen LogP contribution in [0, 0.1) is 5.82 Å². The first-order valence-electron chi connectivity index (χ1n) is 5.77. The van der Waals surface area contributed by atoms with Crippen molar-refractivity contribution in [2.45, 2.75) is 6.61 Å². The first-order valence-corrected chi connectivity index (χ1v) is 6.15. The zero-order chi connectivity index (χ0) is 15.4. The Morgan fingerprint density at radius 1 is 1.19 bits per heavy atom. The summed E-state index contributed by atoms with van der Waals surface area (Å²) in [6, 6.07) is 8.95. The molecule has 0 fully saturated rings. The lowest BCUT2D eigenvalue weighted by Crippen LogP contribution is -2.13. The molecule has 1 amide bonds. The molecule has 0 spiro atoms. The number of amides is 1. The molecule has 0 aromatic heterocycles. The van der Waals surface area contributed by atoms with Gasteiger partial charge in [-0.15, -0.1) is 0 Å². The van der Waals surface area contributed by atoms with Crippen LogP contribution in [0.4, 0.5) is 18.9 Å². The predicted octanol–water partition coefficient (Wildman–Crippen LogP) is 4.33. The van der Waals surface area contributed by atoms with Gasteiger partial charge in [-0.3, -0.25) is 4.79 Å². The van der Waals surface area contributed by atoms with Gasteiger partial charge in [0.15, 0.2) is 0 Å². The summed E-state index contributed by atoms with van der Waals surface area (Å²) < 4.78 is 42.0. The Hall–Kier alpha value is -2.21. The Labute approximate surface area is 123 Å². The Morgan fingerprint density at radius 3 is 2.62 bits per heavy atom. The first-order chi connectivity index (χ1) is 9.95. The molecule has 110 valence electrons. The molecule has 0 saturated heterocycles. The molecular formula is C14H9ClF3NO2. The molecule has 0 heterocycles. The van der Waals surface area contributed by atoms with E-state index in [0.29, 0.717) is 0 Å². The van der Waals surface area contributed by atoms with E-state index in [1.54, 1.807) is 0 Å². The lowest BCUT2D eigenvalue weighted by atomic mass is 10.2. The van der Waals surface area contributed by atoms with Gasteiger partial charge in [0.25, 0.3) is 5.91 Å². The number of nitrogens with one attached hydrogen (secondary N) is 1. The van der Waals surface area contributed by atoms with E-state index in [-0.39, 0.29) is 22.0 Å². The molecule has 0 unspecified atom stereocenters. The summed E-state index contributed by atoms with van der Waals surface area (Å²) in [7, 11) is 0. The van der Waals surface area contributed by atoms with Crippen LogP contribution < -0.4 is 10.1 Å². The highest BCUT2D eigenvalue weighted by molar-refractivity contribution is 6.30. The van der Waals surface area contributed by atoms with Crippen molar-refractivity contribution >= 4 is 23.2 Å². The first kappa shape index (κ1) is 15.2.